The summed E-state index contributed by atoms with van der Waals surface area (Å²) in [4.78, 5) is 27.3. The molecule has 330 valence electrons. The Morgan fingerprint density at radius 2 is 1.02 bits per heavy atom. The second-order valence-electron chi connectivity index (χ2n) is 15.7. The number of esters is 1. The van der Waals surface area contributed by atoms with Gasteiger partial charge in [-0.25, -0.2) is 4.79 Å². The number of allylic oxidation sites excluding steroid dienone is 8. The van der Waals surface area contributed by atoms with E-state index in [0.29, 0.717) is 19.6 Å². The average molecular weight is 802 g/mol. The van der Waals surface area contributed by atoms with Gasteiger partial charge in [0.2, 0.25) is 0 Å². The molecule has 0 spiro atoms. The highest BCUT2D eigenvalue weighted by Crippen LogP contribution is 2.12. The number of carbonyl (C=O) groups is 2. The van der Waals surface area contributed by atoms with Crippen LogP contribution in [0.25, 0.3) is 0 Å². The number of likely N-dealkylation sites (tertiary alicyclic amines) is 1. The summed E-state index contributed by atoms with van der Waals surface area (Å²) in [6.07, 6.45) is 48.9. The zero-order chi connectivity index (χ0) is 41.0. The Hall–Kier alpha value is -2.42. The lowest BCUT2D eigenvalue weighted by Gasteiger charge is -2.19. The predicted octanol–water partition coefficient (Wildman–Crippen LogP) is 13.5. The molecule has 0 N–H and O–H groups in total. The SMILES string of the molecule is CCCCC/C=C\C/C=C\CCCCCCCCOCOCC(COC(=O)OCCCCCCCC/C=C\C/C=C\CCCCC)OC(=O)CCCN1CCCC1. The van der Waals surface area contributed by atoms with Crippen LogP contribution in [0.5, 0.6) is 0 Å². The van der Waals surface area contributed by atoms with Crippen molar-refractivity contribution < 1.29 is 33.3 Å². The number of hydrogen-bond donors (Lipinski definition) is 0. The molecule has 8 heteroatoms. The number of hydrogen-bond acceptors (Lipinski definition) is 8. The van der Waals surface area contributed by atoms with Crippen LogP contribution < -0.4 is 0 Å². The van der Waals surface area contributed by atoms with Crippen molar-refractivity contribution >= 4 is 12.1 Å². The summed E-state index contributed by atoms with van der Waals surface area (Å²) in [6, 6.07) is 0. The normalized spacial score (nSPS) is 14.2. The first-order chi connectivity index (χ1) is 28.2. The summed E-state index contributed by atoms with van der Waals surface area (Å²) in [5, 5.41) is 0. The van der Waals surface area contributed by atoms with Gasteiger partial charge in [0, 0.05) is 13.0 Å². The molecule has 1 unspecified atom stereocenters. The standard InChI is InChI=1S/C49H87NO7/c1-3-5-7-9-11-13-15-17-19-21-23-25-27-29-31-35-42-53-46-54-44-47(57-48(51)38-37-41-50-39-33-34-40-50)45-56-49(52)55-43-36-32-30-28-26-24-22-20-18-16-14-12-10-8-6-4-2/h11-14,17-20,47H,3-10,15-16,21-46H2,1-2H3/b13-11-,14-12-,19-17-,20-18-. The summed E-state index contributed by atoms with van der Waals surface area (Å²) in [6.45, 7) is 8.66. The fraction of sp³-hybridized carbons (Fsp3) is 0.796. The molecular weight excluding hydrogens is 715 g/mol. The van der Waals surface area contributed by atoms with Gasteiger partial charge in [0.25, 0.3) is 0 Å². The minimum atomic E-state index is -0.735. The minimum absolute atomic E-state index is 0.0980. The zero-order valence-electron chi connectivity index (χ0n) is 37.0. The average Bonchev–Trinajstić information content (AvgIpc) is 3.74. The van der Waals surface area contributed by atoms with Gasteiger partial charge in [0.15, 0.2) is 6.10 Å². The Labute approximate surface area is 350 Å². The summed E-state index contributed by atoms with van der Waals surface area (Å²) in [5.41, 5.74) is 0. The van der Waals surface area contributed by atoms with Crippen LogP contribution in [0.3, 0.4) is 0 Å². The second kappa shape index (κ2) is 43.2. The molecular formula is C49H87NO7. The Morgan fingerprint density at radius 3 is 1.56 bits per heavy atom. The van der Waals surface area contributed by atoms with Gasteiger partial charge >= 0.3 is 12.1 Å². The lowest BCUT2D eigenvalue weighted by Crippen LogP contribution is -2.31. The summed E-state index contributed by atoms with van der Waals surface area (Å²) >= 11 is 0. The van der Waals surface area contributed by atoms with Crippen molar-refractivity contribution in [1.82, 2.24) is 4.90 Å². The van der Waals surface area contributed by atoms with Crippen LogP contribution in [0.2, 0.25) is 0 Å². The van der Waals surface area contributed by atoms with Crippen molar-refractivity contribution in [2.45, 2.75) is 200 Å². The maximum Gasteiger partial charge on any atom is 0.508 e. The Balaban J connectivity index is 2.13. The highest BCUT2D eigenvalue weighted by atomic mass is 16.7. The zero-order valence-corrected chi connectivity index (χ0v) is 37.0. The molecule has 0 bridgehead atoms. The van der Waals surface area contributed by atoms with Crippen molar-refractivity contribution in [2.75, 3.05) is 52.9 Å². The first-order valence-electron chi connectivity index (χ1n) is 23.6. The second-order valence-corrected chi connectivity index (χ2v) is 15.7. The van der Waals surface area contributed by atoms with Crippen LogP contribution in [-0.4, -0.2) is 76.0 Å². The van der Waals surface area contributed by atoms with Gasteiger partial charge in [-0.2, -0.15) is 0 Å². The monoisotopic (exact) mass is 802 g/mol. The molecule has 0 aromatic heterocycles. The maximum absolute atomic E-state index is 12.6. The van der Waals surface area contributed by atoms with Crippen LogP contribution in [0, 0.1) is 0 Å². The van der Waals surface area contributed by atoms with E-state index in [2.05, 4.69) is 67.4 Å². The molecule has 1 atom stereocenters. The van der Waals surface area contributed by atoms with E-state index in [0.717, 1.165) is 77.4 Å². The van der Waals surface area contributed by atoms with Crippen LogP contribution in [0.1, 0.15) is 194 Å². The minimum Gasteiger partial charge on any atom is -0.456 e. The van der Waals surface area contributed by atoms with E-state index in [1.54, 1.807) is 0 Å². The number of carbonyl (C=O) groups excluding carboxylic acids is 2. The molecule has 0 aliphatic carbocycles. The van der Waals surface area contributed by atoms with Crippen molar-refractivity contribution in [1.29, 1.82) is 0 Å². The van der Waals surface area contributed by atoms with Gasteiger partial charge in [-0.15, -0.1) is 0 Å². The molecule has 8 nitrogen and oxygen atoms in total. The molecule has 0 amide bonds. The van der Waals surface area contributed by atoms with Crippen molar-refractivity contribution in [3.05, 3.63) is 48.6 Å². The van der Waals surface area contributed by atoms with E-state index >= 15 is 0 Å². The number of rotatable bonds is 41. The van der Waals surface area contributed by atoms with Crippen LogP contribution in [-0.2, 0) is 28.5 Å². The van der Waals surface area contributed by atoms with Crippen LogP contribution in [0.4, 0.5) is 4.79 Å². The fourth-order valence-electron chi connectivity index (χ4n) is 6.75. The van der Waals surface area contributed by atoms with Gasteiger partial charge in [-0.3, -0.25) is 4.79 Å². The molecule has 1 fully saturated rings. The number of ether oxygens (including phenoxy) is 5. The molecule has 0 saturated carbocycles. The van der Waals surface area contributed by atoms with E-state index in [9.17, 15) is 9.59 Å². The van der Waals surface area contributed by atoms with E-state index < -0.39 is 12.3 Å². The smallest absolute Gasteiger partial charge is 0.456 e. The first kappa shape index (κ1) is 52.6. The highest BCUT2D eigenvalue weighted by Gasteiger charge is 2.19. The van der Waals surface area contributed by atoms with E-state index in [4.69, 9.17) is 23.7 Å². The Kier molecular flexibility index (Phi) is 39.8. The van der Waals surface area contributed by atoms with Gasteiger partial charge in [-0.05, 0) is 116 Å². The molecule has 1 heterocycles. The fourth-order valence-corrected chi connectivity index (χ4v) is 6.75. The largest absolute Gasteiger partial charge is 0.508 e. The lowest BCUT2D eigenvalue weighted by atomic mass is 10.1. The quantitative estimate of drug-likeness (QED) is 0.0262. The summed E-state index contributed by atoms with van der Waals surface area (Å²) in [7, 11) is 0. The first-order valence-corrected chi connectivity index (χ1v) is 23.6. The van der Waals surface area contributed by atoms with Crippen molar-refractivity contribution in [3.63, 3.8) is 0 Å². The van der Waals surface area contributed by atoms with Gasteiger partial charge in [0.1, 0.15) is 13.4 Å². The lowest BCUT2D eigenvalue weighted by molar-refractivity contribution is -0.159. The Morgan fingerprint density at radius 1 is 0.526 bits per heavy atom. The Bertz CT molecular complexity index is 1000. The van der Waals surface area contributed by atoms with Gasteiger partial charge < -0.3 is 28.6 Å². The number of unbranched alkanes of at least 4 members (excludes halogenated alkanes) is 18. The van der Waals surface area contributed by atoms with E-state index in [1.807, 2.05) is 0 Å². The maximum atomic E-state index is 12.6. The molecule has 0 radical (unpaired) electrons. The number of nitrogens with zero attached hydrogens (tertiary/aromatic N) is 1. The van der Waals surface area contributed by atoms with Crippen LogP contribution >= 0.6 is 0 Å². The third-order valence-electron chi connectivity index (χ3n) is 10.3. The molecule has 1 aliphatic heterocycles. The van der Waals surface area contributed by atoms with Crippen molar-refractivity contribution in [3.8, 4) is 0 Å². The third-order valence-corrected chi connectivity index (χ3v) is 10.3. The topological polar surface area (TPSA) is 83.5 Å². The molecule has 0 aromatic carbocycles. The molecule has 1 saturated heterocycles. The van der Waals surface area contributed by atoms with Gasteiger partial charge in [-0.1, -0.05) is 140 Å². The molecule has 0 aromatic rings. The molecule has 1 aliphatic rings. The predicted molar refractivity (Wildman–Crippen MR) is 238 cm³/mol. The third kappa shape index (κ3) is 38.8. The van der Waals surface area contributed by atoms with E-state index in [1.165, 1.54) is 116 Å². The summed E-state index contributed by atoms with van der Waals surface area (Å²) < 4.78 is 27.6. The summed E-state index contributed by atoms with van der Waals surface area (Å²) in [5.74, 6) is -0.302. The van der Waals surface area contributed by atoms with E-state index in [-0.39, 0.29) is 26.0 Å². The van der Waals surface area contributed by atoms with Crippen LogP contribution in [0.15, 0.2) is 48.6 Å². The molecule has 57 heavy (non-hydrogen) atoms. The van der Waals surface area contributed by atoms with Crippen molar-refractivity contribution in [2.24, 2.45) is 0 Å². The van der Waals surface area contributed by atoms with Gasteiger partial charge in [0.05, 0.1) is 13.2 Å². The highest BCUT2D eigenvalue weighted by molar-refractivity contribution is 5.69. The molecule has 1 rings (SSSR count).